The van der Waals surface area contributed by atoms with Crippen molar-refractivity contribution in [2.45, 2.75) is 51.8 Å². The van der Waals surface area contributed by atoms with E-state index in [9.17, 15) is 9.90 Å². The Morgan fingerprint density at radius 3 is 2.33 bits per heavy atom. The van der Waals surface area contributed by atoms with Gasteiger partial charge < -0.3 is 15.7 Å². The van der Waals surface area contributed by atoms with E-state index in [1.807, 2.05) is 39.0 Å². The third kappa shape index (κ3) is 4.34. The van der Waals surface area contributed by atoms with Crippen molar-refractivity contribution >= 4 is 16.7 Å². The van der Waals surface area contributed by atoms with Gasteiger partial charge in [-0.25, -0.2) is 0 Å². The van der Waals surface area contributed by atoms with Crippen LogP contribution >= 0.6 is 0 Å². The Kier molecular flexibility index (Phi) is 5.31. The van der Waals surface area contributed by atoms with Crippen molar-refractivity contribution in [3.63, 3.8) is 0 Å². The fourth-order valence-corrected chi connectivity index (χ4v) is 2.37. The molecule has 1 amide bonds. The largest absolute Gasteiger partial charge is 0.389 e. The Bertz CT molecular complexity index is 717. The molecule has 0 spiro atoms. The standard InChI is InChI=1S/C20H28N2O2/c1-14(16-11-10-15-8-6-7-9-17(15)12-16)22-18(23)13-21-19(2,3)20(4,5)24/h6-12,14,21,24H,13H2,1-5H3,(H,22,23)/t14-/m1/s1. The smallest absolute Gasteiger partial charge is 0.234 e. The van der Waals surface area contributed by atoms with Gasteiger partial charge in [0.25, 0.3) is 0 Å². The van der Waals surface area contributed by atoms with Crippen molar-refractivity contribution in [3.05, 3.63) is 48.0 Å². The molecule has 0 aromatic heterocycles. The van der Waals surface area contributed by atoms with E-state index < -0.39 is 11.1 Å². The summed E-state index contributed by atoms with van der Waals surface area (Å²) in [7, 11) is 0. The molecule has 4 heteroatoms. The van der Waals surface area contributed by atoms with Gasteiger partial charge in [-0.15, -0.1) is 0 Å². The maximum absolute atomic E-state index is 12.2. The lowest BCUT2D eigenvalue weighted by Crippen LogP contribution is -2.57. The Labute approximate surface area is 144 Å². The summed E-state index contributed by atoms with van der Waals surface area (Å²) in [4.78, 5) is 12.2. The maximum Gasteiger partial charge on any atom is 0.234 e. The lowest BCUT2D eigenvalue weighted by Gasteiger charge is -2.38. The SMILES string of the molecule is C[C@@H](NC(=O)CNC(C)(C)C(C)(C)O)c1ccc2ccccc2c1. The highest BCUT2D eigenvalue weighted by molar-refractivity contribution is 5.83. The van der Waals surface area contributed by atoms with Crippen LogP contribution in [0, 0.1) is 0 Å². The van der Waals surface area contributed by atoms with E-state index in [-0.39, 0.29) is 18.5 Å². The highest BCUT2D eigenvalue weighted by Gasteiger charge is 2.34. The fraction of sp³-hybridized carbons (Fsp3) is 0.450. The number of fused-ring (bicyclic) bond motifs is 1. The third-order valence-electron chi connectivity index (χ3n) is 4.87. The molecule has 2 aromatic carbocycles. The molecule has 0 fully saturated rings. The zero-order valence-electron chi connectivity index (χ0n) is 15.2. The van der Waals surface area contributed by atoms with E-state index in [2.05, 4.69) is 34.9 Å². The number of hydrogen-bond donors (Lipinski definition) is 3. The van der Waals surface area contributed by atoms with E-state index in [1.165, 1.54) is 5.39 Å². The van der Waals surface area contributed by atoms with Gasteiger partial charge in [-0.05, 0) is 57.0 Å². The molecule has 0 radical (unpaired) electrons. The first-order valence-electron chi connectivity index (χ1n) is 8.35. The quantitative estimate of drug-likeness (QED) is 0.763. The van der Waals surface area contributed by atoms with Crippen LogP contribution in [0.5, 0.6) is 0 Å². The molecule has 0 aliphatic carbocycles. The van der Waals surface area contributed by atoms with Crippen molar-refractivity contribution in [1.82, 2.24) is 10.6 Å². The number of carbonyl (C=O) groups excluding carboxylic acids is 1. The minimum atomic E-state index is -0.919. The van der Waals surface area contributed by atoms with Crippen molar-refractivity contribution in [2.24, 2.45) is 0 Å². The van der Waals surface area contributed by atoms with E-state index in [0.29, 0.717) is 0 Å². The first-order chi connectivity index (χ1) is 11.1. The van der Waals surface area contributed by atoms with Crippen LogP contribution in [-0.4, -0.2) is 28.7 Å². The van der Waals surface area contributed by atoms with Crippen LogP contribution in [0.25, 0.3) is 10.8 Å². The highest BCUT2D eigenvalue weighted by atomic mass is 16.3. The summed E-state index contributed by atoms with van der Waals surface area (Å²) in [5.41, 5.74) is -0.405. The zero-order valence-corrected chi connectivity index (χ0v) is 15.2. The van der Waals surface area contributed by atoms with Gasteiger partial charge in [0, 0.05) is 5.54 Å². The average Bonchev–Trinajstić information content (AvgIpc) is 2.51. The first kappa shape index (κ1) is 18.4. The Hall–Kier alpha value is -1.91. The van der Waals surface area contributed by atoms with Gasteiger partial charge in [-0.2, -0.15) is 0 Å². The molecule has 0 aliphatic rings. The second-order valence-corrected chi connectivity index (χ2v) is 7.43. The molecule has 2 aromatic rings. The Balaban J connectivity index is 1.98. The van der Waals surface area contributed by atoms with Crippen LogP contribution in [0.15, 0.2) is 42.5 Å². The normalized spacial score (nSPS) is 13.8. The van der Waals surface area contributed by atoms with E-state index >= 15 is 0 Å². The summed E-state index contributed by atoms with van der Waals surface area (Å²) in [6.07, 6.45) is 0. The lowest BCUT2D eigenvalue weighted by molar-refractivity contribution is -0.121. The molecule has 3 N–H and O–H groups in total. The number of rotatable bonds is 6. The number of nitrogens with one attached hydrogen (secondary N) is 2. The average molecular weight is 328 g/mol. The molecule has 0 unspecified atom stereocenters. The van der Waals surface area contributed by atoms with Crippen LogP contribution in [0.4, 0.5) is 0 Å². The molecule has 2 rings (SSSR count). The summed E-state index contributed by atoms with van der Waals surface area (Å²) in [5.74, 6) is -0.0898. The van der Waals surface area contributed by atoms with Crippen molar-refractivity contribution in [2.75, 3.05) is 6.54 Å². The topological polar surface area (TPSA) is 61.4 Å². The number of amides is 1. The van der Waals surface area contributed by atoms with Crippen LogP contribution < -0.4 is 10.6 Å². The fourth-order valence-electron chi connectivity index (χ4n) is 2.37. The summed E-state index contributed by atoms with van der Waals surface area (Å²) in [5, 5.41) is 18.6. The predicted octanol–water partition coefficient (Wildman–Crippen LogP) is 3.16. The number of benzene rings is 2. The van der Waals surface area contributed by atoms with Crippen LogP contribution in [0.2, 0.25) is 0 Å². The molecule has 4 nitrogen and oxygen atoms in total. The van der Waals surface area contributed by atoms with Crippen LogP contribution in [-0.2, 0) is 4.79 Å². The van der Waals surface area contributed by atoms with Gasteiger partial charge >= 0.3 is 0 Å². The first-order valence-corrected chi connectivity index (χ1v) is 8.35. The van der Waals surface area contributed by atoms with Crippen molar-refractivity contribution in [3.8, 4) is 0 Å². The zero-order chi connectivity index (χ0) is 18.0. The van der Waals surface area contributed by atoms with Gasteiger partial charge in [-0.3, -0.25) is 4.79 Å². The minimum Gasteiger partial charge on any atom is -0.389 e. The highest BCUT2D eigenvalue weighted by Crippen LogP contribution is 2.21. The molecule has 0 saturated carbocycles. The van der Waals surface area contributed by atoms with Crippen molar-refractivity contribution in [1.29, 1.82) is 0 Å². The van der Waals surface area contributed by atoms with Gasteiger partial charge in [0.05, 0.1) is 18.2 Å². The summed E-state index contributed by atoms with van der Waals surface area (Å²) < 4.78 is 0. The molecular formula is C20H28N2O2. The molecule has 0 saturated heterocycles. The second kappa shape index (κ2) is 6.91. The number of hydrogen-bond acceptors (Lipinski definition) is 3. The Morgan fingerprint density at radius 2 is 1.71 bits per heavy atom. The molecule has 0 aliphatic heterocycles. The summed E-state index contributed by atoms with van der Waals surface area (Å²) >= 11 is 0. The van der Waals surface area contributed by atoms with Gasteiger partial charge in [0.15, 0.2) is 0 Å². The van der Waals surface area contributed by atoms with Crippen molar-refractivity contribution < 1.29 is 9.90 Å². The van der Waals surface area contributed by atoms with Crippen LogP contribution in [0.3, 0.4) is 0 Å². The van der Waals surface area contributed by atoms with Gasteiger partial charge in [0.1, 0.15) is 0 Å². The molecule has 0 heterocycles. The third-order valence-corrected chi connectivity index (χ3v) is 4.87. The molecule has 130 valence electrons. The summed E-state index contributed by atoms with van der Waals surface area (Å²) in [6, 6.07) is 14.3. The molecule has 24 heavy (non-hydrogen) atoms. The van der Waals surface area contributed by atoms with E-state index in [1.54, 1.807) is 13.8 Å². The Morgan fingerprint density at radius 1 is 1.08 bits per heavy atom. The van der Waals surface area contributed by atoms with Gasteiger partial charge in [-0.1, -0.05) is 36.4 Å². The molecule has 0 bridgehead atoms. The van der Waals surface area contributed by atoms with Gasteiger partial charge in [0.2, 0.25) is 5.91 Å². The monoisotopic (exact) mass is 328 g/mol. The maximum atomic E-state index is 12.2. The number of aliphatic hydroxyl groups is 1. The van der Waals surface area contributed by atoms with E-state index in [4.69, 9.17) is 0 Å². The molecular weight excluding hydrogens is 300 g/mol. The predicted molar refractivity (Wildman–Crippen MR) is 98.9 cm³/mol. The van der Waals surface area contributed by atoms with E-state index in [0.717, 1.165) is 10.9 Å². The van der Waals surface area contributed by atoms with Crippen LogP contribution in [0.1, 0.15) is 46.2 Å². The number of carbonyl (C=O) groups is 1. The second-order valence-electron chi connectivity index (χ2n) is 7.43. The molecule has 1 atom stereocenters. The lowest BCUT2D eigenvalue weighted by atomic mass is 9.86. The minimum absolute atomic E-state index is 0.0749. The summed E-state index contributed by atoms with van der Waals surface area (Å²) in [6.45, 7) is 9.36.